The molecule has 0 radical (unpaired) electrons. The molecule has 4 fully saturated rings. The summed E-state index contributed by atoms with van der Waals surface area (Å²) in [5, 5.41) is 33.5. The number of fused-ring (bicyclic) bond motifs is 5. The quantitative estimate of drug-likeness (QED) is 0.464. The Kier molecular flexibility index (Phi) is 6.92. The Bertz CT molecular complexity index is 757. The third-order valence-corrected chi connectivity index (χ3v) is 11.2. The second-order valence-corrected chi connectivity index (χ2v) is 12.4. The zero-order chi connectivity index (χ0) is 24.1. The van der Waals surface area contributed by atoms with Crippen LogP contribution in [0, 0.1) is 52.3 Å². The molecule has 0 saturated heterocycles. The van der Waals surface area contributed by atoms with E-state index in [-0.39, 0.29) is 29.0 Å². The molecular weight excluding hydrogens is 418 g/mol. The number of aliphatic hydroxyl groups excluding tert-OH is 2. The number of hydrogen-bond acceptors (Lipinski definition) is 4. The molecule has 0 heterocycles. The van der Waals surface area contributed by atoms with Crippen LogP contribution in [0.4, 0.5) is 0 Å². The van der Waals surface area contributed by atoms with Crippen molar-refractivity contribution in [1.82, 2.24) is 5.32 Å². The summed E-state index contributed by atoms with van der Waals surface area (Å²) in [4.78, 5) is 22.2. The molecule has 4 saturated carbocycles. The molecule has 0 unspecified atom stereocenters. The zero-order valence-electron chi connectivity index (χ0n) is 20.9. The maximum Gasteiger partial charge on any atom is 0.394 e. The molecule has 4 aliphatic carbocycles. The molecule has 4 N–H and O–H groups in total. The summed E-state index contributed by atoms with van der Waals surface area (Å²) in [5.41, 5.74) is 0.407. The molecule has 11 atom stereocenters. The van der Waals surface area contributed by atoms with Gasteiger partial charge in [0.05, 0.1) is 12.2 Å². The van der Waals surface area contributed by atoms with E-state index in [1.165, 1.54) is 6.42 Å². The molecule has 0 aromatic rings. The Labute approximate surface area is 198 Å². The second-order valence-electron chi connectivity index (χ2n) is 12.4. The maximum absolute atomic E-state index is 11.8. The van der Waals surface area contributed by atoms with Crippen molar-refractivity contribution in [1.29, 1.82) is 0 Å². The van der Waals surface area contributed by atoms with Crippen molar-refractivity contribution >= 4 is 11.9 Å². The molecule has 188 valence electrons. The fraction of sp³-hybridized carbons (Fsp3) is 0.926. The number of carbonyl (C=O) groups is 2. The SMILES string of the molecule is CC[C@H]1[C@@H](O)[C@@H]2[C@H](CC[C@]3(C)[C@@H]([C@H](C)CCNC(=O)C(=O)O)CC[C@@H]23)[C@@]2(C)CC[C@@H](O)C[C@@H]12. The molecular formula is C27H45NO5. The lowest BCUT2D eigenvalue weighted by molar-refractivity contribution is -0.203. The van der Waals surface area contributed by atoms with Gasteiger partial charge in [-0.3, -0.25) is 4.79 Å². The lowest BCUT2D eigenvalue weighted by Gasteiger charge is -2.64. The number of carboxylic acid groups (broad SMARTS) is 1. The largest absolute Gasteiger partial charge is 0.474 e. The highest BCUT2D eigenvalue weighted by atomic mass is 16.4. The van der Waals surface area contributed by atoms with E-state index in [9.17, 15) is 19.8 Å². The molecule has 1 amide bonds. The number of carbonyl (C=O) groups excluding carboxylic acids is 1. The van der Waals surface area contributed by atoms with Crippen molar-refractivity contribution in [2.45, 2.75) is 97.7 Å². The van der Waals surface area contributed by atoms with Gasteiger partial charge in [0, 0.05) is 6.54 Å². The summed E-state index contributed by atoms with van der Waals surface area (Å²) in [6.45, 7) is 9.79. The monoisotopic (exact) mass is 463 g/mol. The van der Waals surface area contributed by atoms with Gasteiger partial charge in [0.2, 0.25) is 0 Å². The first-order valence-corrected chi connectivity index (χ1v) is 13.4. The maximum atomic E-state index is 11.8. The highest BCUT2D eigenvalue weighted by molar-refractivity contribution is 6.31. The van der Waals surface area contributed by atoms with Crippen LogP contribution in [0.25, 0.3) is 0 Å². The molecule has 0 aromatic carbocycles. The standard InChI is InChI=1S/C27H45NO5/c1-5-17-21-14-16(29)8-11-27(21,4)20-9-12-26(3)18(6-7-19(26)22(20)23(17)30)15(2)10-13-28-24(31)25(32)33/h15-23,29-30H,5-14H2,1-4H3,(H,28,31)(H,32,33)/t15-,16-,17-,18-,19+,20+,21+,22+,23-,26-,27-/m1/s1. The zero-order valence-corrected chi connectivity index (χ0v) is 20.9. The Balaban J connectivity index is 1.52. The number of aliphatic carboxylic acids is 1. The van der Waals surface area contributed by atoms with Crippen LogP contribution in [0.5, 0.6) is 0 Å². The van der Waals surface area contributed by atoms with Crippen LogP contribution in [-0.2, 0) is 9.59 Å². The third-order valence-electron chi connectivity index (χ3n) is 11.2. The molecule has 0 aliphatic heterocycles. The second kappa shape index (κ2) is 9.14. The lowest BCUT2D eigenvalue weighted by Crippen LogP contribution is -2.62. The van der Waals surface area contributed by atoms with Crippen molar-refractivity contribution in [3.63, 3.8) is 0 Å². The number of hydrogen-bond donors (Lipinski definition) is 4. The normalized spacial score (nSPS) is 47.7. The minimum atomic E-state index is -1.42. The molecule has 0 bridgehead atoms. The van der Waals surface area contributed by atoms with Crippen molar-refractivity contribution in [3.8, 4) is 0 Å². The summed E-state index contributed by atoms with van der Waals surface area (Å²) in [6, 6.07) is 0. The number of nitrogens with one attached hydrogen (secondary N) is 1. The van der Waals surface area contributed by atoms with Gasteiger partial charge in [0.15, 0.2) is 0 Å². The van der Waals surface area contributed by atoms with Gasteiger partial charge in [-0.05, 0) is 104 Å². The summed E-state index contributed by atoms with van der Waals surface area (Å²) in [5.74, 6) is 0.687. The first-order chi connectivity index (χ1) is 15.5. The molecule has 4 rings (SSSR count). The van der Waals surface area contributed by atoms with Crippen molar-refractivity contribution < 1.29 is 24.9 Å². The predicted octanol–water partition coefficient (Wildman–Crippen LogP) is 3.84. The Morgan fingerprint density at radius 3 is 2.33 bits per heavy atom. The highest BCUT2D eigenvalue weighted by Crippen LogP contribution is 2.69. The number of aliphatic hydroxyl groups is 2. The van der Waals surface area contributed by atoms with Gasteiger partial charge in [-0.1, -0.05) is 34.1 Å². The lowest BCUT2D eigenvalue weighted by atomic mass is 9.41. The number of carboxylic acids is 1. The minimum Gasteiger partial charge on any atom is -0.474 e. The molecule has 4 aliphatic rings. The topological polar surface area (TPSA) is 107 Å². The van der Waals surface area contributed by atoms with Crippen molar-refractivity contribution in [2.24, 2.45) is 52.3 Å². The van der Waals surface area contributed by atoms with E-state index < -0.39 is 11.9 Å². The first kappa shape index (κ1) is 25.0. The van der Waals surface area contributed by atoms with Crippen LogP contribution in [0.1, 0.15) is 85.5 Å². The van der Waals surface area contributed by atoms with E-state index in [4.69, 9.17) is 5.11 Å². The van der Waals surface area contributed by atoms with Gasteiger partial charge in [-0.2, -0.15) is 0 Å². The van der Waals surface area contributed by atoms with Crippen molar-refractivity contribution in [2.75, 3.05) is 6.54 Å². The Hall–Kier alpha value is -1.14. The molecule has 33 heavy (non-hydrogen) atoms. The highest BCUT2D eigenvalue weighted by Gasteiger charge is 2.64. The van der Waals surface area contributed by atoms with E-state index in [1.807, 2.05) is 0 Å². The van der Waals surface area contributed by atoms with Gasteiger partial charge in [-0.25, -0.2) is 4.79 Å². The summed E-state index contributed by atoms with van der Waals surface area (Å²) < 4.78 is 0. The Morgan fingerprint density at radius 2 is 1.67 bits per heavy atom. The summed E-state index contributed by atoms with van der Waals surface area (Å²) in [6.07, 6.45) is 8.75. The predicted molar refractivity (Wildman–Crippen MR) is 126 cm³/mol. The van der Waals surface area contributed by atoms with E-state index in [2.05, 4.69) is 33.0 Å². The van der Waals surface area contributed by atoms with E-state index >= 15 is 0 Å². The van der Waals surface area contributed by atoms with E-state index in [0.29, 0.717) is 42.1 Å². The van der Waals surface area contributed by atoms with Gasteiger partial charge in [-0.15, -0.1) is 0 Å². The molecule has 0 aromatic heterocycles. The van der Waals surface area contributed by atoms with Gasteiger partial charge in [0.25, 0.3) is 0 Å². The summed E-state index contributed by atoms with van der Waals surface area (Å²) in [7, 11) is 0. The fourth-order valence-electron chi connectivity index (χ4n) is 9.62. The van der Waals surface area contributed by atoms with Crippen LogP contribution in [0.2, 0.25) is 0 Å². The molecule has 6 nitrogen and oxygen atoms in total. The van der Waals surface area contributed by atoms with Crippen LogP contribution in [-0.4, -0.2) is 45.9 Å². The average Bonchev–Trinajstić information content (AvgIpc) is 3.12. The molecule has 0 spiro atoms. The third kappa shape index (κ3) is 4.03. The minimum absolute atomic E-state index is 0.189. The Morgan fingerprint density at radius 1 is 1.00 bits per heavy atom. The van der Waals surface area contributed by atoms with Crippen LogP contribution in [0.15, 0.2) is 0 Å². The number of rotatable bonds is 5. The van der Waals surface area contributed by atoms with Crippen molar-refractivity contribution in [3.05, 3.63) is 0 Å². The fourth-order valence-corrected chi connectivity index (χ4v) is 9.62. The smallest absolute Gasteiger partial charge is 0.394 e. The van der Waals surface area contributed by atoms with Crippen LogP contribution < -0.4 is 5.32 Å². The van der Waals surface area contributed by atoms with E-state index in [0.717, 1.165) is 51.4 Å². The number of amides is 1. The van der Waals surface area contributed by atoms with Gasteiger partial charge >= 0.3 is 11.9 Å². The first-order valence-electron chi connectivity index (χ1n) is 13.4. The van der Waals surface area contributed by atoms with Gasteiger partial charge in [0.1, 0.15) is 0 Å². The van der Waals surface area contributed by atoms with Crippen LogP contribution >= 0.6 is 0 Å². The summed E-state index contributed by atoms with van der Waals surface area (Å²) >= 11 is 0. The molecule has 6 heteroatoms. The van der Waals surface area contributed by atoms with Gasteiger partial charge < -0.3 is 20.6 Å². The van der Waals surface area contributed by atoms with Crippen LogP contribution in [0.3, 0.4) is 0 Å². The average molecular weight is 464 g/mol. The van der Waals surface area contributed by atoms with E-state index in [1.54, 1.807) is 0 Å².